The van der Waals surface area contributed by atoms with Crippen molar-refractivity contribution in [1.82, 2.24) is 14.9 Å². The van der Waals surface area contributed by atoms with Crippen LogP contribution in [0.4, 0.5) is 4.79 Å². The summed E-state index contributed by atoms with van der Waals surface area (Å²) in [6.07, 6.45) is 0.922. The molecule has 0 radical (unpaired) electrons. The van der Waals surface area contributed by atoms with E-state index in [1.165, 1.54) is 16.8 Å². The largest absolute Gasteiger partial charge is 0.413 e. The lowest BCUT2D eigenvalue weighted by molar-refractivity contribution is 0.190. The number of fused-ring (bicyclic) bond motifs is 1. The lowest BCUT2D eigenvalue weighted by Gasteiger charge is -2.19. The quantitative estimate of drug-likeness (QED) is 0.820. The molecule has 2 aromatic heterocycles. The van der Waals surface area contributed by atoms with Gasteiger partial charge in [0.15, 0.2) is 0 Å². The summed E-state index contributed by atoms with van der Waals surface area (Å²) in [5, 5.41) is 7.42. The van der Waals surface area contributed by atoms with Gasteiger partial charge in [-0.15, -0.1) is 0 Å². The van der Waals surface area contributed by atoms with E-state index in [4.69, 9.17) is 27.9 Å². The number of nitrogens with one attached hydrogen (secondary N) is 1. The van der Waals surface area contributed by atoms with Gasteiger partial charge in [0.05, 0.1) is 16.7 Å². The molecule has 0 saturated carbocycles. The van der Waals surface area contributed by atoms with Crippen molar-refractivity contribution >= 4 is 34.8 Å². The molecule has 1 amide bonds. The number of carbonyl (C=O) groups excluding carboxylic acids is 1. The first-order valence-corrected chi connectivity index (χ1v) is 6.35. The number of pyridine rings is 1. The van der Waals surface area contributed by atoms with Crippen molar-refractivity contribution in [1.29, 1.82) is 0 Å². The third-order valence-corrected chi connectivity index (χ3v) is 2.75. The third kappa shape index (κ3) is 3.30. The number of halogens is 2. The Bertz CT molecular complexity index is 632. The van der Waals surface area contributed by atoms with E-state index in [0.29, 0.717) is 21.4 Å². The number of ether oxygens (including phenoxy) is 1. The summed E-state index contributed by atoms with van der Waals surface area (Å²) in [6, 6.07) is 3.10. The van der Waals surface area contributed by atoms with Gasteiger partial charge in [0.2, 0.25) is 0 Å². The van der Waals surface area contributed by atoms with Gasteiger partial charge in [-0.05, 0) is 20.8 Å². The van der Waals surface area contributed by atoms with Crippen LogP contribution < -0.4 is 10.1 Å². The molecule has 0 bridgehead atoms. The van der Waals surface area contributed by atoms with Gasteiger partial charge < -0.3 is 10.1 Å². The van der Waals surface area contributed by atoms with Crippen LogP contribution in [-0.2, 0) is 0 Å². The minimum atomic E-state index is -0.552. The molecule has 7 heteroatoms. The fourth-order valence-electron chi connectivity index (χ4n) is 1.49. The normalized spacial score (nSPS) is 11.6. The number of rotatable bonds is 1. The topological polar surface area (TPSA) is 55.6 Å². The second-order valence-corrected chi connectivity index (χ2v) is 5.86. The molecule has 0 aliphatic carbocycles. The summed E-state index contributed by atoms with van der Waals surface area (Å²) in [7, 11) is 0. The zero-order valence-corrected chi connectivity index (χ0v) is 12.2. The van der Waals surface area contributed by atoms with Crippen molar-refractivity contribution < 1.29 is 9.53 Å². The van der Waals surface area contributed by atoms with E-state index in [2.05, 4.69) is 10.4 Å². The van der Waals surface area contributed by atoms with Crippen molar-refractivity contribution in [3.05, 3.63) is 28.5 Å². The van der Waals surface area contributed by atoms with Crippen LogP contribution >= 0.6 is 23.2 Å². The Hall–Kier alpha value is -1.46. The zero-order chi connectivity index (χ0) is 14.2. The van der Waals surface area contributed by atoms with Crippen LogP contribution in [0.15, 0.2) is 18.3 Å². The van der Waals surface area contributed by atoms with Gasteiger partial charge >= 0.3 is 6.09 Å². The molecule has 0 fully saturated rings. The Labute approximate surface area is 120 Å². The van der Waals surface area contributed by atoms with Crippen LogP contribution in [-0.4, -0.2) is 21.2 Å². The van der Waals surface area contributed by atoms with Crippen LogP contribution in [0.2, 0.25) is 10.2 Å². The minimum Gasteiger partial charge on any atom is -0.410 e. The van der Waals surface area contributed by atoms with Crippen LogP contribution in [0, 0.1) is 0 Å². The summed E-state index contributed by atoms with van der Waals surface area (Å²) in [4.78, 5) is 11.7. The maximum absolute atomic E-state index is 11.7. The number of nitrogens with zero attached hydrogens (tertiary/aromatic N) is 2. The van der Waals surface area contributed by atoms with Gasteiger partial charge in [0.25, 0.3) is 0 Å². The highest BCUT2D eigenvalue weighted by molar-refractivity contribution is 6.34. The van der Waals surface area contributed by atoms with E-state index in [1.54, 1.807) is 6.07 Å². The highest BCUT2D eigenvalue weighted by atomic mass is 35.5. The van der Waals surface area contributed by atoms with Gasteiger partial charge in [-0.25, -0.2) is 9.31 Å². The second-order valence-electron chi connectivity index (χ2n) is 5.07. The fraction of sp³-hybridized carbons (Fsp3) is 0.333. The molecule has 0 aliphatic heterocycles. The molecule has 2 rings (SSSR count). The first-order chi connectivity index (χ1) is 8.76. The zero-order valence-electron chi connectivity index (χ0n) is 10.7. The molecule has 0 aliphatic rings. The van der Waals surface area contributed by atoms with Crippen molar-refractivity contribution in [3.63, 3.8) is 0 Å². The maximum atomic E-state index is 11.7. The Morgan fingerprint density at radius 2 is 2.05 bits per heavy atom. The second kappa shape index (κ2) is 4.90. The van der Waals surface area contributed by atoms with Gasteiger partial charge in [-0.2, -0.15) is 5.10 Å². The average molecular weight is 302 g/mol. The van der Waals surface area contributed by atoms with Gasteiger partial charge in [-0.3, -0.25) is 0 Å². The average Bonchev–Trinajstić information content (AvgIpc) is 2.58. The molecule has 0 unspecified atom stereocenters. The lowest BCUT2D eigenvalue weighted by atomic mass is 10.1. The first-order valence-electron chi connectivity index (χ1n) is 5.59. The number of hydrogen-bond donors (Lipinski definition) is 1. The molecular formula is C12H13Cl2N3O2. The van der Waals surface area contributed by atoms with E-state index in [1.807, 2.05) is 20.8 Å². The monoisotopic (exact) mass is 301 g/mol. The molecule has 1 N–H and O–H groups in total. The SMILES string of the molecule is CC(C)(C)NC(=O)Oc1cc(Cl)n2ncc(Cl)c2c1. The van der Waals surface area contributed by atoms with Crippen molar-refractivity contribution in [2.75, 3.05) is 0 Å². The fourth-order valence-corrected chi connectivity index (χ4v) is 1.91. The summed E-state index contributed by atoms with van der Waals surface area (Å²) >= 11 is 12.0. The maximum Gasteiger partial charge on any atom is 0.413 e. The lowest BCUT2D eigenvalue weighted by Crippen LogP contribution is -2.42. The summed E-state index contributed by atoms with van der Waals surface area (Å²) in [5.41, 5.74) is 0.201. The van der Waals surface area contributed by atoms with E-state index in [0.717, 1.165) is 0 Å². The summed E-state index contributed by atoms with van der Waals surface area (Å²) < 4.78 is 6.63. The number of amides is 1. The molecular weight excluding hydrogens is 289 g/mol. The first kappa shape index (κ1) is 14.0. The number of aromatic nitrogens is 2. The molecule has 19 heavy (non-hydrogen) atoms. The predicted molar refractivity (Wildman–Crippen MR) is 74.1 cm³/mol. The Morgan fingerprint density at radius 1 is 1.37 bits per heavy atom. The Kier molecular flexibility index (Phi) is 3.60. The van der Waals surface area contributed by atoms with Crippen LogP contribution in [0.3, 0.4) is 0 Å². The summed E-state index contributed by atoms with van der Waals surface area (Å²) in [5.74, 6) is 0.307. The summed E-state index contributed by atoms with van der Waals surface area (Å²) in [6.45, 7) is 5.58. The van der Waals surface area contributed by atoms with Crippen molar-refractivity contribution in [2.24, 2.45) is 0 Å². The van der Waals surface area contributed by atoms with Crippen LogP contribution in [0.25, 0.3) is 5.52 Å². The van der Waals surface area contributed by atoms with E-state index in [9.17, 15) is 4.79 Å². The van der Waals surface area contributed by atoms with E-state index in [-0.39, 0.29) is 5.54 Å². The highest BCUT2D eigenvalue weighted by Gasteiger charge is 2.16. The van der Waals surface area contributed by atoms with Crippen LogP contribution in [0.1, 0.15) is 20.8 Å². The third-order valence-electron chi connectivity index (χ3n) is 2.19. The van der Waals surface area contributed by atoms with E-state index >= 15 is 0 Å². The highest BCUT2D eigenvalue weighted by Crippen LogP contribution is 2.26. The van der Waals surface area contributed by atoms with Gasteiger partial charge in [0, 0.05) is 17.7 Å². The molecule has 0 spiro atoms. The van der Waals surface area contributed by atoms with Crippen molar-refractivity contribution in [2.45, 2.75) is 26.3 Å². The minimum absolute atomic E-state index is 0.307. The molecule has 2 heterocycles. The predicted octanol–water partition coefficient (Wildman–Crippen LogP) is 3.53. The molecule has 0 aromatic carbocycles. The Balaban J connectivity index is 2.26. The van der Waals surface area contributed by atoms with Crippen molar-refractivity contribution in [3.8, 4) is 5.75 Å². The molecule has 2 aromatic rings. The van der Waals surface area contributed by atoms with Gasteiger partial charge in [-0.1, -0.05) is 23.2 Å². The molecule has 5 nitrogen and oxygen atoms in total. The van der Waals surface area contributed by atoms with Gasteiger partial charge in [0.1, 0.15) is 10.9 Å². The molecule has 102 valence electrons. The number of carbonyl (C=O) groups is 1. The molecule has 0 atom stereocenters. The smallest absolute Gasteiger partial charge is 0.410 e. The Morgan fingerprint density at radius 3 is 2.68 bits per heavy atom. The van der Waals surface area contributed by atoms with Crippen LogP contribution in [0.5, 0.6) is 5.75 Å². The molecule has 0 saturated heterocycles. The number of hydrogen-bond acceptors (Lipinski definition) is 3. The van der Waals surface area contributed by atoms with E-state index < -0.39 is 6.09 Å². The standard InChI is InChI=1S/C12H13Cl2N3O2/c1-12(2,3)16-11(18)19-7-4-9-8(13)6-15-17(9)10(14)5-7/h4-6H,1-3H3,(H,16,18).